The molecule has 2 aromatic heterocycles. The highest BCUT2D eigenvalue weighted by Crippen LogP contribution is 2.31. The molecule has 15 heavy (non-hydrogen) atoms. The van der Waals surface area contributed by atoms with Crippen molar-refractivity contribution in [1.82, 2.24) is 9.97 Å². The normalized spacial score (nSPS) is 10.3. The maximum absolute atomic E-state index is 4.37. The Morgan fingerprint density at radius 1 is 1.27 bits per heavy atom. The minimum Gasteiger partial charge on any atom is -0.265 e. The third kappa shape index (κ3) is 2.79. The lowest BCUT2D eigenvalue weighted by atomic mass is 10.3. The van der Waals surface area contributed by atoms with Crippen LogP contribution in [0.15, 0.2) is 51.2 Å². The van der Waals surface area contributed by atoms with Gasteiger partial charge >= 0.3 is 0 Å². The van der Waals surface area contributed by atoms with Gasteiger partial charge in [-0.15, -0.1) is 0 Å². The van der Waals surface area contributed by atoms with Crippen LogP contribution >= 0.6 is 27.7 Å². The summed E-state index contributed by atoms with van der Waals surface area (Å²) in [5.41, 5.74) is 1.15. The molecule has 0 atom stereocenters. The van der Waals surface area contributed by atoms with Gasteiger partial charge in [0.1, 0.15) is 5.03 Å². The fourth-order valence-electron chi connectivity index (χ4n) is 1.11. The summed E-state index contributed by atoms with van der Waals surface area (Å²) in [7, 11) is 0. The molecule has 0 fully saturated rings. The summed E-state index contributed by atoms with van der Waals surface area (Å²) < 4.78 is 1.03. The fourth-order valence-corrected chi connectivity index (χ4v) is 2.56. The fraction of sp³-hybridized carbons (Fsp3) is 0.0909. The first-order valence-corrected chi connectivity index (χ1v) is 6.06. The Hall–Kier alpha value is -0.870. The van der Waals surface area contributed by atoms with E-state index < -0.39 is 0 Å². The number of halogens is 1. The first-order valence-electron chi connectivity index (χ1n) is 4.46. The Balaban J connectivity index is 2.25. The van der Waals surface area contributed by atoms with Crippen molar-refractivity contribution in [3.63, 3.8) is 0 Å². The summed E-state index contributed by atoms with van der Waals surface area (Å²) in [6.07, 6.45) is 5.43. The van der Waals surface area contributed by atoms with Crippen LogP contribution in [0.2, 0.25) is 0 Å². The van der Waals surface area contributed by atoms with E-state index in [1.807, 2.05) is 25.3 Å². The topological polar surface area (TPSA) is 25.8 Å². The minimum atomic E-state index is 0.979. The Morgan fingerprint density at radius 3 is 2.67 bits per heavy atom. The van der Waals surface area contributed by atoms with Gasteiger partial charge in [-0.05, 0) is 46.6 Å². The van der Waals surface area contributed by atoms with E-state index in [9.17, 15) is 0 Å². The maximum Gasteiger partial charge on any atom is 0.115 e. The van der Waals surface area contributed by atoms with E-state index in [4.69, 9.17) is 0 Å². The van der Waals surface area contributed by atoms with E-state index in [-0.39, 0.29) is 0 Å². The van der Waals surface area contributed by atoms with Crippen LogP contribution in [0, 0.1) is 6.92 Å². The van der Waals surface area contributed by atoms with Crippen LogP contribution in [0.25, 0.3) is 0 Å². The zero-order valence-corrected chi connectivity index (χ0v) is 10.5. The molecule has 0 saturated carbocycles. The van der Waals surface area contributed by atoms with Gasteiger partial charge in [-0.25, -0.2) is 4.98 Å². The number of pyridine rings is 2. The molecule has 0 radical (unpaired) electrons. The molecule has 0 aliphatic carbocycles. The molecule has 0 saturated heterocycles. The zero-order chi connectivity index (χ0) is 10.7. The molecule has 0 spiro atoms. The van der Waals surface area contributed by atoms with E-state index in [1.54, 1.807) is 24.2 Å². The Morgan fingerprint density at radius 2 is 2.00 bits per heavy atom. The van der Waals surface area contributed by atoms with Crippen LogP contribution in [0.4, 0.5) is 0 Å². The first kappa shape index (κ1) is 10.6. The lowest BCUT2D eigenvalue weighted by molar-refractivity contribution is 1.08. The highest BCUT2D eigenvalue weighted by atomic mass is 79.9. The summed E-state index contributed by atoms with van der Waals surface area (Å²) >= 11 is 5.13. The van der Waals surface area contributed by atoms with Crippen LogP contribution < -0.4 is 0 Å². The standard InChI is InChI=1S/C11H9BrN2S/c1-8-6-10(12)11(14-7-8)15-9-2-4-13-5-3-9/h2-7H,1H3. The molecular formula is C11H9BrN2S. The Kier molecular flexibility index (Phi) is 3.38. The van der Waals surface area contributed by atoms with Crippen molar-refractivity contribution in [2.45, 2.75) is 16.8 Å². The van der Waals surface area contributed by atoms with Gasteiger partial charge in [-0.2, -0.15) is 0 Å². The third-order valence-corrected chi connectivity index (χ3v) is 3.70. The molecule has 2 heterocycles. The van der Waals surface area contributed by atoms with Crippen LogP contribution in [0.1, 0.15) is 5.56 Å². The predicted octanol–water partition coefficient (Wildman–Crippen LogP) is 3.70. The number of rotatable bonds is 2. The molecule has 0 aromatic carbocycles. The van der Waals surface area contributed by atoms with Crippen LogP contribution in [-0.4, -0.2) is 9.97 Å². The van der Waals surface area contributed by atoms with Crippen LogP contribution in [-0.2, 0) is 0 Å². The van der Waals surface area contributed by atoms with Crippen molar-refractivity contribution in [2.75, 3.05) is 0 Å². The van der Waals surface area contributed by atoms with Crippen LogP contribution in [0.5, 0.6) is 0 Å². The van der Waals surface area contributed by atoms with Gasteiger partial charge in [0.05, 0.1) is 4.47 Å². The molecule has 76 valence electrons. The minimum absolute atomic E-state index is 0.979. The second-order valence-corrected chi connectivity index (χ2v) is 5.00. The number of hydrogen-bond donors (Lipinski definition) is 0. The van der Waals surface area contributed by atoms with Crippen molar-refractivity contribution in [3.8, 4) is 0 Å². The molecule has 2 rings (SSSR count). The summed E-state index contributed by atoms with van der Waals surface area (Å²) in [5.74, 6) is 0. The van der Waals surface area contributed by atoms with E-state index in [1.165, 1.54) is 0 Å². The molecule has 0 bridgehead atoms. The van der Waals surface area contributed by atoms with E-state index >= 15 is 0 Å². The molecule has 0 unspecified atom stereocenters. The van der Waals surface area contributed by atoms with Gasteiger partial charge in [0.25, 0.3) is 0 Å². The average molecular weight is 281 g/mol. The average Bonchev–Trinajstić information content (AvgIpc) is 2.24. The molecular weight excluding hydrogens is 272 g/mol. The van der Waals surface area contributed by atoms with Crippen molar-refractivity contribution < 1.29 is 0 Å². The molecule has 0 aliphatic heterocycles. The second kappa shape index (κ2) is 4.77. The quantitative estimate of drug-likeness (QED) is 0.839. The van der Waals surface area contributed by atoms with Gasteiger partial charge < -0.3 is 0 Å². The van der Waals surface area contributed by atoms with Gasteiger partial charge in [-0.3, -0.25) is 4.98 Å². The van der Waals surface area contributed by atoms with E-state index in [2.05, 4.69) is 32.0 Å². The van der Waals surface area contributed by atoms with Crippen molar-refractivity contribution in [2.24, 2.45) is 0 Å². The van der Waals surface area contributed by atoms with Gasteiger partial charge in [0, 0.05) is 23.5 Å². The highest BCUT2D eigenvalue weighted by molar-refractivity contribution is 9.10. The molecule has 4 heteroatoms. The van der Waals surface area contributed by atoms with Crippen molar-refractivity contribution in [3.05, 3.63) is 46.8 Å². The lowest BCUT2D eigenvalue weighted by Crippen LogP contribution is -1.84. The molecule has 2 aromatic rings. The summed E-state index contributed by atoms with van der Waals surface area (Å²) in [6.45, 7) is 2.03. The summed E-state index contributed by atoms with van der Waals surface area (Å²) in [4.78, 5) is 9.49. The molecule has 0 N–H and O–H groups in total. The van der Waals surface area contributed by atoms with E-state index in [0.717, 1.165) is 20.0 Å². The number of aromatic nitrogens is 2. The highest BCUT2D eigenvalue weighted by Gasteiger charge is 2.03. The SMILES string of the molecule is Cc1cnc(Sc2ccncc2)c(Br)c1. The number of hydrogen-bond acceptors (Lipinski definition) is 3. The Bertz CT molecular complexity index is 459. The van der Waals surface area contributed by atoms with Gasteiger partial charge in [0.2, 0.25) is 0 Å². The molecule has 0 aliphatic rings. The van der Waals surface area contributed by atoms with Crippen molar-refractivity contribution in [1.29, 1.82) is 0 Å². The number of aryl methyl sites for hydroxylation is 1. The Labute approximate surface area is 101 Å². The van der Waals surface area contributed by atoms with Crippen molar-refractivity contribution >= 4 is 27.7 Å². The lowest BCUT2D eigenvalue weighted by Gasteiger charge is -2.03. The van der Waals surface area contributed by atoms with E-state index in [0.29, 0.717) is 0 Å². The van der Waals surface area contributed by atoms with Crippen LogP contribution in [0.3, 0.4) is 0 Å². The largest absolute Gasteiger partial charge is 0.265 e. The first-order chi connectivity index (χ1) is 7.25. The maximum atomic E-state index is 4.37. The van der Waals surface area contributed by atoms with Gasteiger partial charge in [-0.1, -0.05) is 11.8 Å². The monoisotopic (exact) mass is 280 g/mol. The number of nitrogens with zero attached hydrogens (tertiary/aromatic N) is 2. The smallest absolute Gasteiger partial charge is 0.115 e. The zero-order valence-electron chi connectivity index (χ0n) is 8.14. The molecule has 2 nitrogen and oxygen atoms in total. The summed E-state index contributed by atoms with van der Waals surface area (Å²) in [5, 5.41) is 0.979. The second-order valence-electron chi connectivity index (χ2n) is 3.08. The predicted molar refractivity (Wildman–Crippen MR) is 65.0 cm³/mol. The summed E-state index contributed by atoms with van der Waals surface area (Å²) in [6, 6.07) is 6.01. The third-order valence-electron chi connectivity index (χ3n) is 1.81. The molecule has 0 amide bonds. The van der Waals surface area contributed by atoms with Gasteiger partial charge in [0.15, 0.2) is 0 Å².